The van der Waals surface area contributed by atoms with Crippen LogP contribution in [0.25, 0.3) is 61.2 Å². The molecular formula is C32H21N3. The average molecular weight is 448 g/mol. The lowest BCUT2D eigenvalue weighted by Gasteiger charge is -2.11. The third-order valence-corrected chi connectivity index (χ3v) is 6.63. The first-order valence-corrected chi connectivity index (χ1v) is 11.8. The molecule has 0 atom stereocenters. The molecule has 5 aromatic carbocycles. The van der Waals surface area contributed by atoms with Crippen LogP contribution in [0.1, 0.15) is 0 Å². The van der Waals surface area contributed by atoms with Crippen molar-refractivity contribution in [1.29, 1.82) is 0 Å². The van der Waals surface area contributed by atoms with Crippen LogP contribution >= 0.6 is 0 Å². The highest BCUT2D eigenvalue weighted by molar-refractivity contribution is 5.97. The molecule has 2 heterocycles. The highest BCUT2D eigenvalue weighted by Gasteiger charge is 2.14. The second-order valence-electron chi connectivity index (χ2n) is 8.73. The number of aromatic nitrogens is 3. The third-order valence-electron chi connectivity index (χ3n) is 6.63. The molecule has 0 radical (unpaired) electrons. The lowest BCUT2D eigenvalue weighted by Crippen LogP contribution is -1.97. The lowest BCUT2D eigenvalue weighted by atomic mass is 9.97. The maximum absolute atomic E-state index is 4.97. The van der Waals surface area contributed by atoms with E-state index in [2.05, 4.69) is 108 Å². The van der Waals surface area contributed by atoms with Gasteiger partial charge in [0.25, 0.3) is 0 Å². The van der Waals surface area contributed by atoms with E-state index in [-0.39, 0.29) is 0 Å². The van der Waals surface area contributed by atoms with Gasteiger partial charge in [-0.15, -0.1) is 0 Å². The van der Waals surface area contributed by atoms with Gasteiger partial charge in [-0.1, -0.05) is 109 Å². The first-order valence-electron chi connectivity index (χ1n) is 11.8. The minimum atomic E-state index is 0.709. The predicted octanol–water partition coefficient (Wildman–Crippen LogP) is 8.04. The lowest BCUT2D eigenvalue weighted by molar-refractivity contribution is 1.14. The van der Waals surface area contributed by atoms with Crippen molar-refractivity contribution in [3.05, 3.63) is 127 Å². The molecule has 0 saturated carbocycles. The van der Waals surface area contributed by atoms with Gasteiger partial charge in [-0.2, -0.15) is 0 Å². The summed E-state index contributed by atoms with van der Waals surface area (Å²) in [7, 11) is 0. The fourth-order valence-electron chi connectivity index (χ4n) is 4.93. The molecule has 0 aliphatic heterocycles. The summed E-state index contributed by atoms with van der Waals surface area (Å²) in [5.74, 6) is 0.709. The minimum absolute atomic E-state index is 0.709. The van der Waals surface area contributed by atoms with E-state index in [1.54, 1.807) is 0 Å². The average Bonchev–Trinajstić information content (AvgIpc) is 3.31. The maximum atomic E-state index is 4.97. The zero-order chi connectivity index (χ0) is 23.2. The quantitative estimate of drug-likeness (QED) is 0.274. The second kappa shape index (κ2) is 7.93. The molecule has 7 aromatic rings. The van der Waals surface area contributed by atoms with Crippen molar-refractivity contribution in [1.82, 2.24) is 14.4 Å². The van der Waals surface area contributed by atoms with E-state index in [1.165, 1.54) is 21.9 Å². The Morgan fingerprint density at radius 1 is 0.514 bits per heavy atom. The van der Waals surface area contributed by atoms with Gasteiger partial charge >= 0.3 is 0 Å². The van der Waals surface area contributed by atoms with Gasteiger partial charge in [0.2, 0.25) is 5.78 Å². The molecule has 0 fully saturated rings. The van der Waals surface area contributed by atoms with Crippen molar-refractivity contribution in [3.63, 3.8) is 0 Å². The summed E-state index contributed by atoms with van der Waals surface area (Å²) < 4.78 is 2.15. The van der Waals surface area contributed by atoms with Crippen molar-refractivity contribution < 1.29 is 0 Å². The van der Waals surface area contributed by atoms with E-state index < -0.39 is 0 Å². The molecule has 0 spiro atoms. The van der Waals surface area contributed by atoms with E-state index >= 15 is 0 Å². The maximum Gasteiger partial charge on any atom is 0.235 e. The van der Waals surface area contributed by atoms with Crippen LogP contribution < -0.4 is 0 Å². The summed E-state index contributed by atoms with van der Waals surface area (Å²) >= 11 is 0. The Labute approximate surface area is 203 Å². The molecule has 0 N–H and O–H groups in total. The first kappa shape index (κ1) is 19.7. The van der Waals surface area contributed by atoms with Gasteiger partial charge in [-0.05, 0) is 45.7 Å². The van der Waals surface area contributed by atoms with Crippen molar-refractivity contribution in [3.8, 4) is 33.6 Å². The number of hydrogen-bond acceptors (Lipinski definition) is 2. The molecule has 0 aliphatic carbocycles. The molecule has 3 nitrogen and oxygen atoms in total. The van der Waals surface area contributed by atoms with Crippen LogP contribution in [0, 0.1) is 0 Å². The number of rotatable bonds is 3. The summed E-state index contributed by atoms with van der Waals surface area (Å²) in [6.45, 7) is 0. The van der Waals surface area contributed by atoms with Crippen LogP contribution in [-0.4, -0.2) is 14.4 Å². The van der Waals surface area contributed by atoms with Crippen LogP contribution in [0.5, 0.6) is 0 Å². The van der Waals surface area contributed by atoms with E-state index in [9.17, 15) is 0 Å². The normalized spacial score (nSPS) is 11.4. The molecule has 0 aliphatic rings. The van der Waals surface area contributed by atoms with Gasteiger partial charge in [0, 0.05) is 5.56 Å². The summed E-state index contributed by atoms with van der Waals surface area (Å²) in [5.41, 5.74) is 8.64. The summed E-state index contributed by atoms with van der Waals surface area (Å²) in [6, 6.07) is 44.5. The molecule has 0 unspecified atom stereocenters. The van der Waals surface area contributed by atoms with E-state index in [1.807, 2.05) is 24.3 Å². The van der Waals surface area contributed by atoms with Crippen molar-refractivity contribution in [2.75, 3.05) is 0 Å². The van der Waals surface area contributed by atoms with Crippen LogP contribution in [-0.2, 0) is 0 Å². The molecule has 164 valence electrons. The van der Waals surface area contributed by atoms with Crippen LogP contribution in [0.15, 0.2) is 127 Å². The highest BCUT2D eigenvalue weighted by atomic mass is 15.1. The largest absolute Gasteiger partial charge is 0.276 e. The third kappa shape index (κ3) is 3.29. The molecule has 35 heavy (non-hydrogen) atoms. The Hall–Kier alpha value is -4.76. The van der Waals surface area contributed by atoms with Crippen molar-refractivity contribution in [2.24, 2.45) is 0 Å². The Morgan fingerprint density at radius 2 is 1.23 bits per heavy atom. The van der Waals surface area contributed by atoms with Gasteiger partial charge in [-0.25, -0.2) is 9.97 Å². The molecule has 0 bridgehead atoms. The molecule has 3 heteroatoms. The van der Waals surface area contributed by atoms with E-state index in [0.29, 0.717) is 5.78 Å². The van der Waals surface area contributed by atoms with Crippen LogP contribution in [0.3, 0.4) is 0 Å². The van der Waals surface area contributed by atoms with Gasteiger partial charge in [-0.3, -0.25) is 4.40 Å². The van der Waals surface area contributed by atoms with Crippen molar-refractivity contribution in [2.45, 2.75) is 0 Å². The number of nitrogens with zero attached hydrogens (tertiary/aromatic N) is 3. The summed E-state index contributed by atoms with van der Waals surface area (Å²) in [6.07, 6.45) is 0. The fraction of sp³-hybridized carbons (Fsp3) is 0. The zero-order valence-electron chi connectivity index (χ0n) is 19.0. The number of imidazole rings is 1. The standard InChI is InChI=1S/C32H21N3/c1-2-10-25(11-3-1)31-21-29(34-32-33-28-15-6-7-16-30(28)35(31)32)24-19-17-23(18-20-24)27-14-8-12-22-9-4-5-13-26(22)27/h1-21H. The summed E-state index contributed by atoms with van der Waals surface area (Å²) in [4.78, 5) is 9.81. The Balaban J connectivity index is 1.40. The topological polar surface area (TPSA) is 30.2 Å². The SMILES string of the molecule is c1ccc(-c2cc(-c3ccc(-c4cccc5ccccc45)cc3)nc3nc4ccccc4n23)cc1. The number of hydrogen-bond donors (Lipinski definition) is 0. The first-order chi connectivity index (χ1) is 17.3. The molecule has 7 rings (SSSR count). The molecular weight excluding hydrogens is 426 g/mol. The van der Waals surface area contributed by atoms with Crippen LogP contribution in [0.4, 0.5) is 0 Å². The van der Waals surface area contributed by atoms with Gasteiger partial charge in [0.05, 0.1) is 22.4 Å². The predicted molar refractivity (Wildman–Crippen MR) is 144 cm³/mol. The monoisotopic (exact) mass is 447 g/mol. The summed E-state index contributed by atoms with van der Waals surface area (Å²) in [5, 5.41) is 2.51. The highest BCUT2D eigenvalue weighted by Crippen LogP contribution is 2.32. The fourth-order valence-corrected chi connectivity index (χ4v) is 4.93. The molecule has 0 amide bonds. The Kier molecular flexibility index (Phi) is 4.46. The van der Waals surface area contributed by atoms with Crippen LogP contribution in [0.2, 0.25) is 0 Å². The van der Waals surface area contributed by atoms with E-state index in [4.69, 9.17) is 9.97 Å². The zero-order valence-corrected chi connectivity index (χ0v) is 19.0. The minimum Gasteiger partial charge on any atom is -0.276 e. The van der Waals surface area contributed by atoms with Gasteiger partial charge in [0.1, 0.15) is 0 Å². The molecule has 0 saturated heterocycles. The van der Waals surface area contributed by atoms with Gasteiger partial charge < -0.3 is 0 Å². The smallest absolute Gasteiger partial charge is 0.235 e. The number of para-hydroxylation sites is 2. The number of benzene rings is 5. The molecule has 2 aromatic heterocycles. The van der Waals surface area contributed by atoms with Crippen molar-refractivity contribution >= 4 is 27.6 Å². The number of fused-ring (bicyclic) bond motifs is 4. The Morgan fingerprint density at radius 3 is 2.11 bits per heavy atom. The van der Waals surface area contributed by atoms with Gasteiger partial charge in [0.15, 0.2) is 0 Å². The second-order valence-corrected chi connectivity index (χ2v) is 8.73. The van der Waals surface area contributed by atoms with E-state index in [0.717, 1.165) is 33.5 Å². The Bertz CT molecular complexity index is 1830.